The SMILES string of the molecule is COCC(C)Oc1cc(C(=O)Nc2ccn(C)n2)cc(Oc2ccc(S(C)(=O)=O)cc2)n1. The van der Waals surface area contributed by atoms with Gasteiger partial charge in [0.15, 0.2) is 15.7 Å². The lowest BCUT2D eigenvalue weighted by Crippen LogP contribution is -2.19. The fourth-order valence-corrected chi connectivity index (χ4v) is 3.38. The van der Waals surface area contributed by atoms with Gasteiger partial charge in [-0.3, -0.25) is 9.48 Å². The zero-order valence-electron chi connectivity index (χ0n) is 18.1. The molecule has 2 heterocycles. The number of aromatic nitrogens is 3. The quantitative estimate of drug-likeness (QED) is 0.517. The highest BCUT2D eigenvalue weighted by atomic mass is 32.2. The second-order valence-corrected chi connectivity index (χ2v) is 9.11. The Morgan fingerprint density at radius 2 is 1.84 bits per heavy atom. The lowest BCUT2D eigenvalue weighted by Gasteiger charge is -2.15. The lowest BCUT2D eigenvalue weighted by atomic mass is 10.2. The summed E-state index contributed by atoms with van der Waals surface area (Å²) in [6.45, 7) is 2.13. The van der Waals surface area contributed by atoms with Crippen LogP contribution in [0, 0.1) is 0 Å². The summed E-state index contributed by atoms with van der Waals surface area (Å²) < 4.78 is 41.4. The van der Waals surface area contributed by atoms with Crippen molar-refractivity contribution in [2.24, 2.45) is 7.05 Å². The smallest absolute Gasteiger partial charge is 0.257 e. The monoisotopic (exact) mass is 460 g/mol. The molecule has 0 aliphatic heterocycles. The number of nitrogens with zero attached hydrogens (tertiary/aromatic N) is 3. The zero-order valence-corrected chi connectivity index (χ0v) is 18.9. The number of amides is 1. The van der Waals surface area contributed by atoms with Gasteiger partial charge in [-0.15, -0.1) is 0 Å². The molecule has 11 heteroatoms. The number of rotatable bonds is 9. The van der Waals surface area contributed by atoms with E-state index in [4.69, 9.17) is 14.2 Å². The molecule has 0 fully saturated rings. The molecule has 0 saturated heterocycles. The number of anilines is 1. The average Bonchev–Trinajstić information content (AvgIpc) is 3.12. The number of nitrogens with one attached hydrogen (secondary N) is 1. The Hall–Kier alpha value is -3.44. The number of pyridine rings is 1. The molecule has 1 atom stereocenters. The van der Waals surface area contributed by atoms with E-state index in [9.17, 15) is 13.2 Å². The highest BCUT2D eigenvalue weighted by Gasteiger charge is 2.16. The molecule has 0 bridgehead atoms. The summed E-state index contributed by atoms with van der Waals surface area (Å²) in [5.41, 5.74) is 0.244. The van der Waals surface area contributed by atoms with Crippen molar-refractivity contribution in [3.63, 3.8) is 0 Å². The maximum Gasteiger partial charge on any atom is 0.257 e. The first-order valence-electron chi connectivity index (χ1n) is 9.60. The molecule has 1 unspecified atom stereocenters. The first-order chi connectivity index (χ1) is 15.1. The van der Waals surface area contributed by atoms with Crippen molar-refractivity contribution in [2.45, 2.75) is 17.9 Å². The van der Waals surface area contributed by atoms with Crippen LogP contribution in [0.1, 0.15) is 17.3 Å². The predicted molar refractivity (Wildman–Crippen MR) is 117 cm³/mol. The summed E-state index contributed by atoms with van der Waals surface area (Å²) in [5, 5.41) is 6.83. The Bertz CT molecular complexity index is 1190. The molecule has 1 amide bonds. The van der Waals surface area contributed by atoms with Crippen molar-refractivity contribution < 1.29 is 27.4 Å². The molecule has 1 aromatic carbocycles. The van der Waals surface area contributed by atoms with Crippen LogP contribution in [-0.4, -0.2) is 55.2 Å². The molecule has 0 saturated carbocycles. The van der Waals surface area contributed by atoms with Gasteiger partial charge in [0.1, 0.15) is 11.9 Å². The number of sulfone groups is 1. The van der Waals surface area contributed by atoms with Gasteiger partial charge in [-0.1, -0.05) is 0 Å². The van der Waals surface area contributed by atoms with Crippen LogP contribution >= 0.6 is 0 Å². The van der Waals surface area contributed by atoms with E-state index in [1.807, 2.05) is 0 Å². The fraction of sp³-hybridized carbons (Fsp3) is 0.286. The molecule has 0 spiro atoms. The Kier molecular flexibility index (Phi) is 7.11. The molecule has 0 aliphatic carbocycles. The summed E-state index contributed by atoms with van der Waals surface area (Å²) in [5.74, 6) is 0.593. The number of hydrogen-bond donors (Lipinski definition) is 1. The van der Waals surface area contributed by atoms with Crippen LogP contribution in [0.3, 0.4) is 0 Å². The van der Waals surface area contributed by atoms with Crippen molar-refractivity contribution in [2.75, 3.05) is 25.3 Å². The van der Waals surface area contributed by atoms with E-state index in [2.05, 4.69) is 15.4 Å². The Labute approximate surface area is 186 Å². The molecule has 0 radical (unpaired) electrons. The van der Waals surface area contributed by atoms with Crippen LogP contribution in [-0.2, 0) is 21.6 Å². The number of benzene rings is 1. The van der Waals surface area contributed by atoms with Crippen molar-refractivity contribution in [3.8, 4) is 17.5 Å². The maximum atomic E-state index is 12.8. The molecular formula is C21H24N4O6S. The topological polar surface area (TPSA) is 122 Å². The Morgan fingerprint density at radius 3 is 2.44 bits per heavy atom. The fourth-order valence-electron chi connectivity index (χ4n) is 2.75. The van der Waals surface area contributed by atoms with Crippen molar-refractivity contribution in [1.82, 2.24) is 14.8 Å². The molecule has 32 heavy (non-hydrogen) atoms. The second-order valence-electron chi connectivity index (χ2n) is 7.09. The minimum absolute atomic E-state index is 0.102. The first kappa shape index (κ1) is 23.2. The summed E-state index contributed by atoms with van der Waals surface area (Å²) >= 11 is 0. The lowest BCUT2D eigenvalue weighted by molar-refractivity contribution is 0.0882. The molecule has 10 nitrogen and oxygen atoms in total. The molecule has 3 aromatic rings. The Morgan fingerprint density at radius 1 is 1.16 bits per heavy atom. The number of aryl methyl sites for hydroxylation is 1. The predicted octanol–water partition coefficient (Wildman–Crippen LogP) is 2.68. The van der Waals surface area contributed by atoms with Gasteiger partial charge in [-0.05, 0) is 31.2 Å². The summed E-state index contributed by atoms with van der Waals surface area (Å²) in [7, 11) is -0.0312. The number of ether oxygens (including phenoxy) is 3. The molecule has 2 aromatic heterocycles. The first-order valence-corrected chi connectivity index (χ1v) is 11.5. The van der Waals surface area contributed by atoms with Gasteiger partial charge in [0, 0.05) is 44.8 Å². The van der Waals surface area contributed by atoms with E-state index in [1.165, 1.54) is 36.4 Å². The van der Waals surface area contributed by atoms with Crippen LogP contribution in [0.15, 0.2) is 53.6 Å². The van der Waals surface area contributed by atoms with Crippen molar-refractivity contribution in [3.05, 3.63) is 54.2 Å². The average molecular weight is 461 g/mol. The highest BCUT2D eigenvalue weighted by molar-refractivity contribution is 7.90. The van der Waals surface area contributed by atoms with E-state index in [1.54, 1.807) is 38.0 Å². The summed E-state index contributed by atoms with van der Waals surface area (Å²) in [6, 6.07) is 10.5. The van der Waals surface area contributed by atoms with Gasteiger partial charge in [-0.2, -0.15) is 10.1 Å². The van der Waals surface area contributed by atoms with Crippen LogP contribution < -0.4 is 14.8 Å². The highest BCUT2D eigenvalue weighted by Crippen LogP contribution is 2.26. The summed E-state index contributed by atoms with van der Waals surface area (Å²) in [4.78, 5) is 17.2. The molecular weight excluding hydrogens is 436 g/mol. The standard InChI is InChI=1S/C21H24N4O6S/c1-14(13-29-3)30-19-11-15(21(26)22-18-9-10-25(2)24-18)12-20(23-19)31-16-5-7-17(8-6-16)32(4,27)28/h5-12,14H,13H2,1-4H3,(H,22,24,26). The zero-order chi connectivity index (χ0) is 23.3. The summed E-state index contributed by atoms with van der Waals surface area (Å²) in [6.07, 6.45) is 2.51. The largest absolute Gasteiger partial charge is 0.472 e. The Balaban J connectivity index is 1.87. The van der Waals surface area contributed by atoms with Gasteiger partial charge in [0.2, 0.25) is 11.8 Å². The van der Waals surface area contributed by atoms with Gasteiger partial charge in [-0.25, -0.2) is 8.42 Å². The van der Waals surface area contributed by atoms with Crippen LogP contribution in [0.5, 0.6) is 17.5 Å². The van der Waals surface area contributed by atoms with E-state index in [-0.39, 0.29) is 28.3 Å². The van der Waals surface area contributed by atoms with Crippen LogP contribution in [0.25, 0.3) is 0 Å². The van der Waals surface area contributed by atoms with E-state index < -0.39 is 15.7 Å². The van der Waals surface area contributed by atoms with E-state index in [0.717, 1.165) is 6.26 Å². The third kappa shape index (κ3) is 6.28. The van der Waals surface area contributed by atoms with Crippen LogP contribution in [0.2, 0.25) is 0 Å². The third-order valence-electron chi connectivity index (χ3n) is 4.19. The number of hydrogen-bond acceptors (Lipinski definition) is 8. The van der Waals surface area contributed by atoms with Crippen molar-refractivity contribution in [1.29, 1.82) is 0 Å². The van der Waals surface area contributed by atoms with E-state index >= 15 is 0 Å². The molecule has 1 N–H and O–H groups in total. The third-order valence-corrected chi connectivity index (χ3v) is 5.32. The number of methoxy groups -OCH3 is 1. The normalized spacial score (nSPS) is 12.2. The van der Waals surface area contributed by atoms with Crippen LogP contribution in [0.4, 0.5) is 5.82 Å². The molecule has 0 aliphatic rings. The minimum atomic E-state index is -3.33. The van der Waals surface area contributed by atoms with E-state index in [0.29, 0.717) is 18.2 Å². The molecule has 170 valence electrons. The number of carbonyl (C=O) groups excluding carboxylic acids is 1. The minimum Gasteiger partial charge on any atom is -0.472 e. The molecule has 3 rings (SSSR count). The van der Waals surface area contributed by atoms with Gasteiger partial charge in [0.25, 0.3) is 5.91 Å². The maximum absolute atomic E-state index is 12.8. The van der Waals surface area contributed by atoms with Crippen molar-refractivity contribution >= 4 is 21.6 Å². The second kappa shape index (κ2) is 9.79. The van der Waals surface area contributed by atoms with Gasteiger partial charge in [0.05, 0.1) is 17.1 Å². The van der Waals surface area contributed by atoms with Gasteiger partial charge < -0.3 is 19.5 Å². The van der Waals surface area contributed by atoms with Gasteiger partial charge >= 0.3 is 0 Å². The number of carbonyl (C=O) groups is 1.